The van der Waals surface area contributed by atoms with Gasteiger partial charge in [-0.25, -0.2) is 9.88 Å². The van der Waals surface area contributed by atoms with Crippen LogP contribution >= 0.6 is 11.3 Å². The van der Waals surface area contributed by atoms with E-state index in [0.29, 0.717) is 28.1 Å². The number of para-hydroxylation sites is 3. The van der Waals surface area contributed by atoms with Gasteiger partial charge in [-0.2, -0.15) is 0 Å². The maximum atomic E-state index is 13.3. The number of hydrogen-bond donors (Lipinski definition) is 0. The van der Waals surface area contributed by atoms with Crippen molar-refractivity contribution in [2.75, 3.05) is 18.6 Å². The Bertz CT molecular complexity index is 1080. The highest BCUT2D eigenvalue weighted by Crippen LogP contribution is 2.42. The number of carbonyl (C=O) groups excluding carboxylic acids is 1. The van der Waals surface area contributed by atoms with Crippen LogP contribution in [-0.4, -0.2) is 30.2 Å². The number of rotatable bonds is 6. The summed E-state index contributed by atoms with van der Waals surface area (Å²) in [7, 11) is 1.58. The summed E-state index contributed by atoms with van der Waals surface area (Å²) < 4.78 is 17.4. The number of carbonyl (C=O) groups is 1. The molecule has 4 rings (SSSR count). The average molecular weight is 425 g/mol. The highest BCUT2D eigenvalue weighted by Gasteiger charge is 2.33. The molecular formula is C23H24N2O4S. The van der Waals surface area contributed by atoms with Crippen molar-refractivity contribution in [1.29, 1.82) is 0 Å². The lowest BCUT2D eigenvalue weighted by Gasteiger charge is -2.22. The normalized spacial score (nSPS) is 14.0. The monoisotopic (exact) mass is 424 g/mol. The fourth-order valence-electron chi connectivity index (χ4n) is 3.51. The molecule has 1 aliphatic heterocycles. The van der Waals surface area contributed by atoms with Crippen molar-refractivity contribution in [3.05, 3.63) is 59.1 Å². The van der Waals surface area contributed by atoms with Crippen LogP contribution in [0.25, 0.3) is 0 Å². The fourth-order valence-corrected chi connectivity index (χ4v) is 4.34. The molecule has 0 radical (unpaired) electrons. The first-order valence-corrected chi connectivity index (χ1v) is 10.6. The van der Waals surface area contributed by atoms with E-state index in [1.165, 1.54) is 11.3 Å². The van der Waals surface area contributed by atoms with Crippen molar-refractivity contribution in [2.24, 2.45) is 0 Å². The zero-order valence-electron chi connectivity index (χ0n) is 17.5. The number of ether oxygens (including phenoxy) is 3. The summed E-state index contributed by atoms with van der Waals surface area (Å²) in [6, 6.07) is 13.1. The number of nitrogens with zero attached hydrogens (tertiary/aromatic N) is 2. The van der Waals surface area contributed by atoms with E-state index in [0.717, 1.165) is 17.7 Å². The summed E-state index contributed by atoms with van der Waals surface area (Å²) in [6.07, 6.45) is 0.805. The van der Waals surface area contributed by atoms with Crippen LogP contribution in [-0.2, 0) is 11.2 Å². The number of thiazole rings is 1. The van der Waals surface area contributed by atoms with Gasteiger partial charge in [0, 0.05) is 17.4 Å². The average Bonchev–Trinajstić information content (AvgIpc) is 3.28. The van der Waals surface area contributed by atoms with E-state index in [2.05, 4.69) is 4.98 Å². The Kier molecular flexibility index (Phi) is 5.39. The summed E-state index contributed by atoms with van der Waals surface area (Å²) in [4.78, 5) is 19.3. The van der Waals surface area contributed by atoms with Crippen LogP contribution in [0, 0.1) is 6.92 Å². The summed E-state index contributed by atoms with van der Waals surface area (Å²) in [6.45, 7) is 5.82. The maximum absolute atomic E-state index is 13.3. The predicted octanol–water partition coefficient (Wildman–Crippen LogP) is 4.92. The predicted molar refractivity (Wildman–Crippen MR) is 117 cm³/mol. The van der Waals surface area contributed by atoms with Gasteiger partial charge in [0.15, 0.2) is 23.2 Å². The Balaban J connectivity index is 1.61. The molecule has 0 saturated heterocycles. The third-order valence-corrected chi connectivity index (χ3v) is 5.72. The van der Waals surface area contributed by atoms with Gasteiger partial charge in [-0.1, -0.05) is 24.3 Å². The lowest BCUT2D eigenvalue weighted by molar-refractivity contribution is -0.119. The van der Waals surface area contributed by atoms with Crippen molar-refractivity contribution in [2.45, 2.75) is 32.8 Å². The van der Waals surface area contributed by atoms with Gasteiger partial charge in [-0.05, 0) is 39.0 Å². The van der Waals surface area contributed by atoms with Crippen LogP contribution in [0.2, 0.25) is 0 Å². The van der Waals surface area contributed by atoms with Crippen LogP contribution in [0.4, 0.5) is 10.8 Å². The molecule has 0 saturated carbocycles. The standard InChI is InChI=1S/C23H24N2O4S/c1-15-14-30-22(24-15)25(17-9-5-6-10-18(17)27-4)20(26)13-28-19-11-7-8-16-12-23(2,3)29-21(16)19/h5-11,14H,12-13H2,1-4H3. The zero-order valence-corrected chi connectivity index (χ0v) is 18.3. The number of benzene rings is 2. The minimum absolute atomic E-state index is 0.156. The third kappa shape index (κ3) is 3.98. The smallest absolute Gasteiger partial charge is 0.271 e. The molecule has 1 aliphatic rings. The minimum atomic E-state index is -0.284. The van der Waals surface area contributed by atoms with Crippen LogP contribution in [0.15, 0.2) is 47.8 Å². The molecule has 156 valence electrons. The van der Waals surface area contributed by atoms with Crippen LogP contribution in [0.3, 0.4) is 0 Å². The Labute approximate surface area is 180 Å². The fraction of sp³-hybridized carbons (Fsp3) is 0.304. The first-order valence-electron chi connectivity index (χ1n) is 9.70. The van der Waals surface area contributed by atoms with Crippen molar-refractivity contribution in [3.63, 3.8) is 0 Å². The Hall–Kier alpha value is -3.06. The Morgan fingerprint density at radius 1 is 1.20 bits per heavy atom. The number of aryl methyl sites for hydroxylation is 1. The Morgan fingerprint density at radius 2 is 1.97 bits per heavy atom. The number of fused-ring (bicyclic) bond motifs is 1. The van der Waals surface area contributed by atoms with E-state index in [9.17, 15) is 4.79 Å². The summed E-state index contributed by atoms with van der Waals surface area (Å²) in [5.41, 5.74) is 2.27. The summed E-state index contributed by atoms with van der Waals surface area (Å²) in [5, 5.41) is 2.48. The molecule has 7 heteroatoms. The molecule has 0 unspecified atom stereocenters. The minimum Gasteiger partial charge on any atom is -0.495 e. The van der Waals surface area contributed by atoms with Crippen LogP contribution in [0.5, 0.6) is 17.2 Å². The van der Waals surface area contributed by atoms with Gasteiger partial charge in [0.2, 0.25) is 0 Å². The van der Waals surface area contributed by atoms with E-state index < -0.39 is 0 Å². The van der Waals surface area contributed by atoms with Crippen molar-refractivity contribution in [3.8, 4) is 17.2 Å². The zero-order chi connectivity index (χ0) is 21.3. The van der Waals surface area contributed by atoms with Gasteiger partial charge in [0.1, 0.15) is 11.4 Å². The van der Waals surface area contributed by atoms with Gasteiger partial charge >= 0.3 is 0 Å². The van der Waals surface area contributed by atoms with Gasteiger partial charge in [-0.3, -0.25) is 4.79 Å². The SMILES string of the molecule is COc1ccccc1N(C(=O)COc1cccc2c1OC(C)(C)C2)c1nc(C)cs1. The first-order chi connectivity index (χ1) is 14.4. The topological polar surface area (TPSA) is 60.9 Å². The van der Waals surface area contributed by atoms with Gasteiger partial charge in [-0.15, -0.1) is 11.3 Å². The van der Waals surface area contributed by atoms with E-state index >= 15 is 0 Å². The molecule has 0 spiro atoms. The van der Waals surface area contributed by atoms with Crippen LogP contribution in [0.1, 0.15) is 25.1 Å². The van der Waals surface area contributed by atoms with Gasteiger partial charge in [0.05, 0.1) is 18.5 Å². The number of hydrogen-bond acceptors (Lipinski definition) is 6. The molecule has 0 bridgehead atoms. The molecule has 1 amide bonds. The molecule has 0 atom stereocenters. The van der Waals surface area contributed by atoms with Crippen molar-refractivity contribution >= 4 is 28.1 Å². The molecule has 0 aliphatic carbocycles. The molecule has 6 nitrogen and oxygen atoms in total. The second-order valence-electron chi connectivity index (χ2n) is 7.74. The number of anilines is 2. The lowest BCUT2D eigenvalue weighted by atomic mass is 10.0. The first kappa shape index (κ1) is 20.2. The molecule has 0 N–H and O–H groups in total. The third-order valence-electron chi connectivity index (χ3n) is 4.78. The molecule has 1 aromatic heterocycles. The van der Waals surface area contributed by atoms with E-state index in [1.807, 2.05) is 68.6 Å². The molecule has 30 heavy (non-hydrogen) atoms. The van der Waals surface area contributed by atoms with E-state index in [4.69, 9.17) is 14.2 Å². The maximum Gasteiger partial charge on any atom is 0.271 e. The van der Waals surface area contributed by atoms with Crippen molar-refractivity contribution in [1.82, 2.24) is 4.98 Å². The largest absolute Gasteiger partial charge is 0.495 e. The molecule has 2 heterocycles. The highest BCUT2D eigenvalue weighted by molar-refractivity contribution is 7.14. The van der Waals surface area contributed by atoms with E-state index in [1.54, 1.807) is 12.0 Å². The summed E-state index contributed by atoms with van der Waals surface area (Å²) >= 11 is 1.40. The number of aromatic nitrogens is 1. The number of methoxy groups -OCH3 is 1. The van der Waals surface area contributed by atoms with Gasteiger partial charge in [0.25, 0.3) is 5.91 Å². The second-order valence-corrected chi connectivity index (χ2v) is 8.58. The Morgan fingerprint density at radius 3 is 2.70 bits per heavy atom. The molecular weight excluding hydrogens is 400 g/mol. The lowest BCUT2D eigenvalue weighted by Crippen LogP contribution is -2.31. The van der Waals surface area contributed by atoms with E-state index in [-0.39, 0.29) is 18.1 Å². The highest BCUT2D eigenvalue weighted by atomic mass is 32.1. The van der Waals surface area contributed by atoms with Crippen molar-refractivity contribution < 1.29 is 19.0 Å². The quantitative estimate of drug-likeness (QED) is 0.562. The second kappa shape index (κ2) is 7.99. The molecule has 2 aromatic carbocycles. The molecule has 3 aromatic rings. The van der Waals surface area contributed by atoms with Crippen LogP contribution < -0.4 is 19.1 Å². The summed E-state index contributed by atoms with van der Waals surface area (Å²) in [5.74, 6) is 1.62. The number of amides is 1. The van der Waals surface area contributed by atoms with Gasteiger partial charge < -0.3 is 14.2 Å². The molecule has 0 fully saturated rings.